The third kappa shape index (κ3) is 8.39. The Morgan fingerprint density at radius 2 is 1.85 bits per heavy atom. The molecular weight excluding hydrogens is 583 g/mol. The van der Waals surface area contributed by atoms with Crippen molar-refractivity contribution in [1.82, 2.24) is 16.1 Å². The van der Waals surface area contributed by atoms with Crippen LogP contribution in [-0.4, -0.2) is 67.6 Å². The first kappa shape index (κ1) is 31.3. The molecule has 0 aromatic heterocycles. The molecule has 0 saturated carbocycles. The molecule has 220 valence electrons. The van der Waals surface area contributed by atoms with Gasteiger partial charge in [-0.2, -0.15) is 5.10 Å². The molecule has 0 saturated heterocycles. The van der Waals surface area contributed by atoms with Crippen molar-refractivity contribution in [2.45, 2.75) is 26.1 Å². The van der Waals surface area contributed by atoms with Crippen molar-refractivity contribution in [3.63, 3.8) is 0 Å². The lowest BCUT2D eigenvalue weighted by molar-refractivity contribution is -0.139. The highest BCUT2D eigenvalue weighted by Crippen LogP contribution is 2.35. The summed E-state index contributed by atoms with van der Waals surface area (Å²) >= 11 is 12.2. The Morgan fingerprint density at radius 1 is 1.15 bits per heavy atom. The van der Waals surface area contributed by atoms with E-state index in [0.29, 0.717) is 34.9 Å². The molecule has 0 aliphatic carbocycles. The third-order valence-electron chi connectivity index (χ3n) is 5.47. The number of carbonyl (C=O) groups is 3. The zero-order valence-electron chi connectivity index (χ0n) is 22.2. The lowest BCUT2D eigenvalue weighted by atomic mass is 9.95. The van der Waals surface area contributed by atoms with Crippen molar-refractivity contribution in [1.29, 1.82) is 0 Å². The summed E-state index contributed by atoms with van der Waals surface area (Å²) in [6.07, 6.45) is 0.106. The number of rotatable bonds is 13. The number of methoxy groups -OCH3 is 1. The first-order valence-corrected chi connectivity index (χ1v) is 12.9. The monoisotopic (exact) mass is 610 g/mol. The van der Waals surface area contributed by atoms with E-state index in [4.69, 9.17) is 47.3 Å². The number of nitrogens with zero attached hydrogens (tertiary/aromatic N) is 1. The molecule has 0 unspecified atom stereocenters. The molecule has 0 spiro atoms. The standard InChI is InChI=1S/C26H28Cl2N4O9/c1-4-39-19-9-15(23-22(25(36)38-3)13(2)30-26(37)31-23)5-6-18(19)40-11-20(33)32-29-10-14-7-16(27)24(17(28)8-14)41-12-21(34)35/h5-10,20,23,32-33H,4,11-12H2,1-3H3,(H,34,35)(H2,30,31,37)/b29-10-/t20-,23-/m0/s1. The molecule has 1 aliphatic heterocycles. The molecule has 15 heteroatoms. The molecule has 1 heterocycles. The summed E-state index contributed by atoms with van der Waals surface area (Å²) in [5.74, 6) is -1.12. The third-order valence-corrected chi connectivity index (χ3v) is 6.03. The largest absolute Gasteiger partial charge is 0.490 e. The van der Waals surface area contributed by atoms with Crippen LogP contribution in [0.4, 0.5) is 4.79 Å². The maximum atomic E-state index is 12.4. The number of ether oxygens (including phenoxy) is 4. The molecule has 0 bridgehead atoms. The predicted molar refractivity (Wildman–Crippen MR) is 149 cm³/mol. The Labute approximate surface area is 245 Å². The van der Waals surface area contributed by atoms with E-state index in [-0.39, 0.29) is 28.0 Å². The van der Waals surface area contributed by atoms with Gasteiger partial charge >= 0.3 is 18.0 Å². The summed E-state index contributed by atoms with van der Waals surface area (Å²) in [5, 5.41) is 28.4. The SMILES string of the molecule is CCOc1cc([C@@H]2NC(=O)NC(C)=C2C(=O)OC)ccc1OC[C@H](O)N/N=C\c1cc(Cl)c(OCC(=O)O)c(Cl)c1. The van der Waals surface area contributed by atoms with Crippen LogP contribution >= 0.6 is 23.2 Å². The minimum Gasteiger partial charge on any atom is -0.490 e. The molecule has 13 nitrogen and oxygen atoms in total. The van der Waals surface area contributed by atoms with Crippen LogP contribution in [0.1, 0.15) is 31.0 Å². The molecule has 0 radical (unpaired) electrons. The maximum Gasteiger partial charge on any atom is 0.341 e. The molecule has 2 aromatic carbocycles. The lowest BCUT2D eigenvalue weighted by Crippen LogP contribution is -2.45. The summed E-state index contributed by atoms with van der Waals surface area (Å²) in [6, 6.07) is 6.53. The minimum atomic E-state index is -1.23. The van der Waals surface area contributed by atoms with Gasteiger partial charge in [-0.3, -0.25) is 5.43 Å². The second kappa shape index (κ2) is 14.4. The van der Waals surface area contributed by atoms with Crippen molar-refractivity contribution < 1.29 is 43.5 Å². The van der Waals surface area contributed by atoms with Gasteiger partial charge in [-0.1, -0.05) is 29.3 Å². The van der Waals surface area contributed by atoms with Gasteiger partial charge in [0.2, 0.25) is 0 Å². The second-order valence-electron chi connectivity index (χ2n) is 8.41. The number of carbonyl (C=O) groups excluding carboxylic acids is 2. The Morgan fingerprint density at radius 3 is 2.49 bits per heavy atom. The van der Waals surface area contributed by atoms with E-state index in [1.165, 1.54) is 25.5 Å². The fourth-order valence-electron chi connectivity index (χ4n) is 3.75. The van der Waals surface area contributed by atoms with Gasteiger partial charge in [0, 0.05) is 5.70 Å². The number of hydrogen-bond donors (Lipinski definition) is 5. The Hall–Kier alpha value is -4.20. The zero-order chi connectivity index (χ0) is 30.1. The Balaban J connectivity index is 1.67. The number of hydrogen-bond acceptors (Lipinski definition) is 10. The van der Waals surface area contributed by atoms with E-state index in [1.807, 2.05) is 0 Å². The second-order valence-corrected chi connectivity index (χ2v) is 9.23. The van der Waals surface area contributed by atoms with E-state index in [0.717, 1.165) is 0 Å². The zero-order valence-corrected chi connectivity index (χ0v) is 23.7. The highest BCUT2D eigenvalue weighted by atomic mass is 35.5. The molecule has 41 heavy (non-hydrogen) atoms. The number of benzene rings is 2. The lowest BCUT2D eigenvalue weighted by Gasteiger charge is -2.28. The highest BCUT2D eigenvalue weighted by Gasteiger charge is 2.32. The van der Waals surface area contributed by atoms with Crippen LogP contribution in [0.3, 0.4) is 0 Å². The van der Waals surface area contributed by atoms with Crippen molar-refractivity contribution in [3.8, 4) is 17.2 Å². The quantitative estimate of drug-likeness (QED) is 0.0980. The van der Waals surface area contributed by atoms with Gasteiger partial charge in [0.25, 0.3) is 0 Å². The van der Waals surface area contributed by atoms with Crippen LogP contribution in [0, 0.1) is 0 Å². The van der Waals surface area contributed by atoms with E-state index >= 15 is 0 Å². The number of allylic oxidation sites excluding steroid dienone is 1. The van der Waals surface area contributed by atoms with Crippen LogP contribution in [0.15, 0.2) is 46.7 Å². The summed E-state index contributed by atoms with van der Waals surface area (Å²) in [6.45, 7) is 2.85. The van der Waals surface area contributed by atoms with Crippen molar-refractivity contribution in [3.05, 3.63) is 62.8 Å². The maximum absolute atomic E-state index is 12.4. The van der Waals surface area contributed by atoms with Gasteiger partial charge in [0.05, 0.1) is 41.6 Å². The highest BCUT2D eigenvalue weighted by molar-refractivity contribution is 6.37. The number of halogens is 2. The van der Waals surface area contributed by atoms with Gasteiger partial charge in [0.15, 0.2) is 30.1 Å². The molecule has 2 atom stereocenters. The van der Waals surface area contributed by atoms with Crippen molar-refractivity contribution in [2.24, 2.45) is 5.10 Å². The molecule has 5 N–H and O–H groups in total. The van der Waals surface area contributed by atoms with Crippen molar-refractivity contribution in [2.75, 3.05) is 26.9 Å². The Kier molecular flexibility index (Phi) is 11.0. The van der Waals surface area contributed by atoms with E-state index in [2.05, 4.69) is 21.2 Å². The number of nitrogens with one attached hydrogen (secondary N) is 3. The van der Waals surface area contributed by atoms with Crippen LogP contribution in [0.5, 0.6) is 17.2 Å². The summed E-state index contributed by atoms with van der Waals surface area (Å²) in [7, 11) is 1.25. The number of esters is 1. The number of aliphatic carboxylic acids is 1. The van der Waals surface area contributed by atoms with Gasteiger partial charge in [-0.25, -0.2) is 14.4 Å². The number of carboxylic acids is 1. The molecule has 3 rings (SSSR count). The van der Waals surface area contributed by atoms with Crippen LogP contribution in [-0.2, 0) is 14.3 Å². The van der Waals surface area contributed by atoms with Gasteiger partial charge in [-0.05, 0) is 49.2 Å². The number of aliphatic hydroxyl groups excluding tert-OH is 1. The van der Waals surface area contributed by atoms with E-state index < -0.39 is 36.8 Å². The normalized spacial score (nSPS) is 15.6. The molecular formula is C26H28Cl2N4O9. The number of urea groups is 1. The number of aliphatic hydroxyl groups is 1. The fourth-order valence-corrected chi connectivity index (χ4v) is 4.36. The van der Waals surface area contributed by atoms with Gasteiger partial charge in [-0.15, -0.1) is 0 Å². The molecule has 2 aromatic rings. The number of carboxylic acid groups (broad SMARTS) is 1. The van der Waals surface area contributed by atoms with Gasteiger partial charge < -0.3 is 39.8 Å². The average molecular weight is 611 g/mol. The molecule has 1 aliphatic rings. The summed E-state index contributed by atoms with van der Waals surface area (Å²) in [4.78, 5) is 35.2. The minimum absolute atomic E-state index is 0.0283. The van der Waals surface area contributed by atoms with Gasteiger partial charge in [0.1, 0.15) is 6.61 Å². The first-order chi connectivity index (χ1) is 19.5. The topological polar surface area (TPSA) is 177 Å². The van der Waals surface area contributed by atoms with Crippen LogP contribution in [0.2, 0.25) is 10.0 Å². The number of amides is 2. The summed E-state index contributed by atoms with van der Waals surface area (Å²) < 4.78 is 21.4. The fraction of sp³-hybridized carbons (Fsp3) is 0.308. The first-order valence-electron chi connectivity index (χ1n) is 12.1. The molecule has 0 fully saturated rings. The Bertz CT molecular complexity index is 1340. The average Bonchev–Trinajstić information content (AvgIpc) is 2.91. The molecule has 2 amide bonds. The van der Waals surface area contributed by atoms with Crippen molar-refractivity contribution >= 4 is 47.4 Å². The van der Waals surface area contributed by atoms with E-state index in [1.54, 1.807) is 32.0 Å². The number of hydrazone groups is 1. The van der Waals surface area contributed by atoms with E-state index in [9.17, 15) is 19.5 Å². The smallest absolute Gasteiger partial charge is 0.341 e. The summed E-state index contributed by atoms with van der Waals surface area (Å²) in [5.41, 5.74) is 4.11. The van der Waals surface area contributed by atoms with Crippen LogP contribution < -0.4 is 30.3 Å². The predicted octanol–water partition coefficient (Wildman–Crippen LogP) is 2.98. The van der Waals surface area contributed by atoms with Crippen LogP contribution in [0.25, 0.3) is 0 Å².